The lowest BCUT2D eigenvalue weighted by molar-refractivity contribution is -0.121. The zero-order valence-electron chi connectivity index (χ0n) is 14.5. The lowest BCUT2D eigenvalue weighted by Crippen LogP contribution is -2.48. The summed E-state index contributed by atoms with van der Waals surface area (Å²) in [5.41, 5.74) is -0.225. The molecule has 0 spiro atoms. The molecular formula is C15H28IN5OS. The van der Waals surface area contributed by atoms with E-state index >= 15 is 0 Å². The van der Waals surface area contributed by atoms with E-state index in [4.69, 9.17) is 0 Å². The van der Waals surface area contributed by atoms with Gasteiger partial charge >= 0.3 is 0 Å². The van der Waals surface area contributed by atoms with Gasteiger partial charge < -0.3 is 16.0 Å². The van der Waals surface area contributed by atoms with Crippen LogP contribution in [0.15, 0.2) is 11.2 Å². The second-order valence-corrected chi connectivity index (χ2v) is 7.17. The molecule has 1 amide bonds. The van der Waals surface area contributed by atoms with E-state index in [1.54, 1.807) is 18.4 Å². The van der Waals surface area contributed by atoms with Crippen LogP contribution >= 0.6 is 35.3 Å². The number of amides is 1. The molecule has 1 rings (SSSR count). The summed E-state index contributed by atoms with van der Waals surface area (Å²) in [4.78, 5) is 21.5. The summed E-state index contributed by atoms with van der Waals surface area (Å²) in [6, 6.07) is 0. The van der Waals surface area contributed by atoms with Gasteiger partial charge in [-0.25, -0.2) is 4.98 Å². The standard InChI is InChI=1S/C15H27N5OS.HI/c1-6-11-9-18-13(22-11)7-8-17-14(16-5)19-10-12(21)20-15(2,3)4;/h9H,6-8,10H2,1-5H3,(H,20,21)(H2,16,17,19);1H. The van der Waals surface area contributed by atoms with Crippen LogP contribution in [0.4, 0.5) is 0 Å². The number of aliphatic imine (C=N–C) groups is 1. The van der Waals surface area contributed by atoms with Gasteiger partial charge in [-0.15, -0.1) is 35.3 Å². The Hall–Kier alpha value is -0.900. The van der Waals surface area contributed by atoms with Crippen LogP contribution in [0, 0.1) is 0 Å². The number of carbonyl (C=O) groups is 1. The Balaban J connectivity index is 0.00000484. The number of thiazole rings is 1. The Morgan fingerprint density at radius 3 is 2.57 bits per heavy atom. The van der Waals surface area contributed by atoms with Crippen LogP contribution in [-0.2, 0) is 17.6 Å². The van der Waals surface area contributed by atoms with E-state index in [-0.39, 0.29) is 42.0 Å². The average molecular weight is 453 g/mol. The maximum atomic E-state index is 11.7. The Kier molecular flexibility index (Phi) is 10.4. The number of rotatable bonds is 6. The number of nitrogens with zero attached hydrogens (tertiary/aromatic N) is 2. The summed E-state index contributed by atoms with van der Waals surface area (Å²) in [7, 11) is 1.69. The Morgan fingerprint density at radius 1 is 1.35 bits per heavy atom. The van der Waals surface area contributed by atoms with E-state index in [0.29, 0.717) is 5.96 Å². The van der Waals surface area contributed by atoms with Gasteiger partial charge in [-0.1, -0.05) is 6.92 Å². The lowest BCUT2D eigenvalue weighted by atomic mass is 10.1. The molecule has 0 aromatic carbocycles. The van der Waals surface area contributed by atoms with Crippen LogP contribution in [0.2, 0.25) is 0 Å². The average Bonchev–Trinajstić information content (AvgIpc) is 2.88. The Labute approximate surface area is 160 Å². The molecule has 0 aliphatic carbocycles. The van der Waals surface area contributed by atoms with Gasteiger partial charge in [-0.2, -0.15) is 0 Å². The number of halogens is 1. The highest BCUT2D eigenvalue weighted by molar-refractivity contribution is 14.0. The van der Waals surface area contributed by atoms with Crippen molar-refractivity contribution in [3.05, 3.63) is 16.1 Å². The fourth-order valence-corrected chi connectivity index (χ4v) is 2.62. The number of hydrogen-bond donors (Lipinski definition) is 3. The van der Waals surface area contributed by atoms with Crippen molar-refractivity contribution in [2.24, 2.45) is 4.99 Å². The number of hydrogen-bond acceptors (Lipinski definition) is 4. The summed E-state index contributed by atoms with van der Waals surface area (Å²) in [5, 5.41) is 10.2. The predicted molar refractivity (Wildman–Crippen MR) is 108 cm³/mol. The summed E-state index contributed by atoms with van der Waals surface area (Å²) in [6.45, 7) is 8.93. The summed E-state index contributed by atoms with van der Waals surface area (Å²) in [6.07, 6.45) is 3.81. The number of carbonyl (C=O) groups excluding carboxylic acids is 1. The van der Waals surface area contributed by atoms with Crippen LogP contribution in [0.3, 0.4) is 0 Å². The lowest BCUT2D eigenvalue weighted by Gasteiger charge is -2.21. The van der Waals surface area contributed by atoms with Crippen molar-refractivity contribution in [1.82, 2.24) is 20.9 Å². The monoisotopic (exact) mass is 453 g/mol. The third kappa shape index (κ3) is 9.75. The summed E-state index contributed by atoms with van der Waals surface area (Å²) in [5.74, 6) is 0.569. The van der Waals surface area contributed by atoms with Crippen LogP contribution < -0.4 is 16.0 Å². The quantitative estimate of drug-likeness (QED) is 0.350. The number of aryl methyl sites for hydroxylation is 1. The van der Waals surface area contributed by atoms with E-state index in [1.165, 1.54) is 4.88 Å². The molecular weight excluding hydrogens is 425 g/mol. The summed E-state index contributed by atoms with van der Waals surface area (Å²) >= 11 is 1.74. The smallest absolute Gasteiger partial charge is 0.239 e. The fourth-order valence-electron chi connectivity index (χ4n) is 1.76. The van der Waals surface area contributed by atoms with Crippen molar-refractivity contribution in [2.45, 2.75) is 46.1 Å². The highest BCUT2D eigenvalue weighted by Crippen LogP contribution is 2.13. The van der Waals surface area contributed by atoms with Crippen molar-refractivity contribution < 1.29 is 4.79 Å². The van der Waals surface area contributed by atoms with E-state index in [9.17, 15) is 4.79 Å². The molecule has 8 heteroatoms. The maximum absolute atomic E-state index is 11.7. The van der Waals surface area contributed by atoms with Gasteiger partial charge in [0.25, 0.3) is 0 Å². The van der Waals surface area contributed by atoms with Crippen molar-refractivity contribution in [3.63, 3.8) is 0 Å². The van der Waals surface area contributed by atoms with Crippen molar-refractivity contribution in [3.8, 4) is 0 Å². The van der Waals surface area contributed by atoms with E-state index in [2.05, 4.69) is 32.9 Å². The molecule has 1 heterocycles. The zero-order chi connectivity index (χ0) is 16.6. The van der Waals surface area contributed by atoms with Crippen molar-refractivity contribution >= 4 is 47.2 Å². The Morgan fingerprint density at radius 2 is 2.04 bits per heavy atom. The van der Waals surface area contributed by atoms with Gasteiger partial charge in [0, 0.05) is 36.6 Å². The maximum Gasteiger partial charge on any atom is 0.239 e. The molecule has 0 atom stereocenters. The minimum atomic E-state index is -0.225. The highest BCUT2D eigenvalue weighted by Gasteiger charge is 2.13. The van der Waals surface area contributed by atoms with Gasteiger partial charge in [-0.05, 0) is 27.2 Å². The first kappa shape index (κ1) is 22.1. The minimum absolute atomic E-state index is 0. The molecule has 1 aromatic rings. The van der Waals surface area contributed by atoms with E-state index in [1.807, 2.05) is 27.0 Å². The minimum Gasteiger partial charge on any atom is -0.356 e. The molecule has 1 aromatic heterocycles. The van der Waals surface area contributed by atoms with Gasteiger partial charge in [0.1, 0.15) is 0 Å². The van der Waals surface area contributed by atoms with E-state index < -0.39 is 0 Å². The largest absolute Gasteiger partial charge is 0.356 e. The number of nitrogens with one attached hydrogen (secondary N) is 3. The molecule has 0 bridgehead atoms. The second kappa shape index (κ2) is 10.8. The highest BCUT2D eigenvalue weighted by atomic mass is 127. The number of guanidine groups is 1. The zero-order valence-corrected chi connectivity index (χ0v) is 17.7. The molecule has 0 saturated carbocycles. The van der Waals surface area contributed by atoms with Crippen LogP contribution in [0.1, 0.15) is 37.6 Å². The molecule has 0 radical (unpaired) electrons. The van der Waals surface area contributed by atoms with Gasteiger partial charge in [0.15, 0.2) is 5.96 Å². The molecule has 0 fully saturated rings. The molecule has 0 aliphatic rings. The van der Waals surface area contributed by atoms with Crippen molar-refractivity contribution in [1.29, 1.82) is 0 Å². The molecule has 0 aliphatic heterocycles. The van der Waals surface area contributed by atoms with Crippen LogP contribution in [-0.4, -0.2) is 42.5 Å². The molecule has 6 nitrogen and oxygen atoms in total. The SMILES string of the molecule is CCc1cnc(CCNC(=NC)NCC(=O)NC(C)(C)C)s1.I. The molecule has 3 N–H and O–H groups in total. The fraction of sp³-hybridized carbons (Fsp3) is 0.667. The van der Waals surface area contributed by atoms with Gasteiger partial charge in [0.2, 0.25) is 5.91 Å². The van der Waals surface area contributed by atoms with Gasteiger partial charge in [-0.3, -0.25) is 9.79 Å². The molecule has 0 saturated heterocycles. The summed E-state index contributed by atoms with van der Waals surface area (Å²) < 4.78 is 0. The third-order valence-corrected chi connectivity index (χ3v) is 3.94. The first-order valence-electron chi connectivity index (χ1n) is 7.53. The molecule has 132 valence electrons. The predicted octanol–water partition coefficient (Wildman–Crippen LogP) is 1.95. The second-order valence-electron chi connectivity index (χ2n) is 5.97. The topological polar surface area (TPSA) is 78.4 Å². The number of aromatic nitrogens is 1. The normalized spacial score (nSPS) is 11.6. The van der Waals surface area contributed by atoms with E-state index in [0.717, 1.165) is 24.4 Å². The Bertz CT molecular complexity index is 510. The molecule has 23 heavy (non-hydrogen) atoms. The van der Waals surface area contributed by atoms with Crippen LogP contribution in [0.25, 0.3) is 0 Å². The van der Waals surface area contributed by atoms with Crippen molar-refractivity contribution in [2.75, 3.05) is 20.1 Å². The first-order valence-corrected chi connectivity index (χ1v) is 8.35. The van der Waals surface area contributed by atoms with Gasteiger partial charge in [0.05, 0.1) is 11.6 Å². The van der Waals surface area contributed by atoms with Crippen LogP contribution in [0.5, 0.6) is 0 Å². The first-order chi connectivity index (χ1) is 10.3. The molecule has 0 unspecified atom stereocenters. The third-order valence-electron chi connectivity index (χ3n) is 2.74.